The highest BCUT2D eigenvalue weighted by atomic mass is 127. The molecule has 0 aliphatic carbocycles. The third-order valence-electron chi connectivity index (χ3n) is 4.29. The summed E-state index contributed by atoms with van der Waals surface area (Å²) in [5.74, 6) is 0.766. The predicted molar refractivity (Wildman–Crippen MR) is 114 cm³/mol. The summed E-state index contributed by atoms with van der Waals surface area (Å²) in [7, 11) is 0. The van der Waals surface area contributed by atoms with Gasteiger partial charge in [0, 0.05) is 39.1 Å². The summed E-state index contributed by atoms with van der Waals surface area (Å²) in [6.45, 7) is 9.56. The number of nitrogens with one attached hydrogen (secondary N) is 2. The molecule has 25 heavy (non-hydrogen) atoms. The number of rotatable bonds is 6. The van der Waals surface area contributed by atoms with E-state index in [0.717, 1.165) is 25.5 Å². The van der Waals surface area contributed by atoms with Crippen LogP contribution < -0.4 is 10.6 Å². The molecule has 0 amide bonds. The Bertz CT molecular complexity index is 537. The van der Waals surface area contributed by atoms with Crippen molar-refractivity contribution in [3.05, 3.63) is 34.9 Å². The van der Waals surface area contributed by atoms with E-state index < -0.39 is 5.60 Å². The zero-order chi connectivity index (χ0) is 17.4. The van der Waals surface area contributed by atoms with E-state index in [2.05, 4.69) is 47.7 Å². The summed E-state index contributed by atoms with van der Waals surface area (Å²) in [5.41, 5.74) is 3.20. The first kappa shape index (κ1) is 22.2. The van der Waals surface area contributed by atoms with Crippen LogP contribution in [0.2, 0.25) is 0 Å². The number of aryl methyl sites for hydroxylation is 2. The lowest BCUT2D eigenvalue weighted by Crippen LogP contribution is -2.43. The fourth-order valence-electron chi connectivity index (χ4n) is 3.02. The molecule has 6 heteroatoms. The van der Waals surface area contributed by atoms with E-state index >= 15 is 0 Å². The van der Waals surface area contributed by atoms with Gasteiger partial charge in [0.25, 0.3) is 0 Å². The van der Waals surface area contributed by atoms with Crippen LogP contribution in [0.3, 0.4) is 0 Å². The number of hydrogen-bond acceptors (Lipinski definition) is 3. The predicted octanol–water partition coefficient (Wildman–Crippen LogP) is 2.56. The maximum absolute atomic E-state index is 10.5. The van der Waals surface area contributed by atoms with E-state index in [4.69, 9.17) is 4.74 Å². The zero-order valence-corrected chi connectivity index (χ0v) is 17.9. The molecule has 1 heterocycles. The lowest BCUT2D eigenvalue weighted by Gasteiger charge is -2.30. The quantitative estimate of drug-likeness (QED) is 0.346. The second kappa shape index (κ2) is 11.0. The fourth-order valence-corrected chi connectivity index (χ4v) is 3.02. The Morgan fingerprint density at radius 3 is 2.40 bits per heavy atom. The van der Waals surface area contributed by atoms with Crippen LogP contribution in [0.5, 0.6) is 0 Å². The van der Waals surface area contributed by atoms with Crippen molar-refractivity contribution in [2.75, 3.05) is 32.8 Å². The number of halogens is 1. The van der Waals surface area contributed by atoms with Crippen LogP contribution >= 0.6 is 24.0 Å². The van der Waals surface area contributed by atoms with E-state index in [1.165, 1.54) is 16.7 Å². The van der Waals surface area contributed by atoms with Gasteiger partial charge < -0.3 is 20.5 Å². The van der Waals surface area contributed by atoms with Crippen molar-refractivity contribution in [1.82, 2.24) is 10.6 Å². The molecule has 0 radical (unpaired) electrons. The summed E-state index contributed by atoms with van der Waals surface area (Å²) < 4.78 is 5.31. The SMILES string of the molecule is CCNC(=NCC1(O)CCOCC1)NCCc1cc(C)cc(C)c1.I. The third kappa shape index (κ3) is 7.92. The molecule has 1 aliphatic rings. The molecule has 1 aromatic carbocycles. The van der Waals surface area contributed by atoms with E-state index in [1.807, 2.05) is 6.92 Å². The van der Waals surface area contributed by atoms with Crippen molar-refractivity contribution in [2.45, 2.75) is 45.6 Å². The molecular formula is C19H32IN3O2. The minimum Gasteiger partial charge on any atom is -0.388 e. The minimum atomic E-state index is -0.728. The molecule has 2 rings (SSSR count). The van der Waals surface area contributed by atoms with Gasteiger partial charge in [-0.2, -0.15) is 0 Å². The number of ether oxygens (including phenoxy) is 1. The van der Waals surface area contributed by atoms with Gasteiger partial charge in [-0.1, -0.05) is 29.3 Å². The van der Waals surface area contributed by atoms with Crippen LogP contribution in [0.25, 0.3) is 0 Å². The number of aliphatic imine (C=N–C) groups is 1. The Hall–Kier alpha value is -0.860. The number of hydrogen-bond donors (Lipinski definition) is 3. The Morgan fingerprint density at radius 2 is 1.80 bits per heavy atom. The average Bonchev–Trinajstić information content (AvgIpc) is 2.52. The first-order chi connectivity index (χ1) is 11.5. The smallest absolute Gasteiger partial charge is 0.191 e. The summed E-state index contributed by atoms with van der Waals surface area (Å²) in [6.07, 6.45) is 2.25. The van der Waals surface area contributed by atoms with Crippen LogP contribution in [0, 0.1) is 13.8 Å². The van der Waals surface area contributed by atoms with Crippen molar-refractivity contribution >= 4 is 29.9 Å². The fraction of sp³-hybridized carbons (Fsp3) is 0.632. The van der Waals surface area contributed by atoms with Gasteiger partial charge >= 0.3 is 0 Å². The maximum atomic E-state index is 10.5. The van der Waals surface area contributed by atoms with E-state index in [-0.39, 0.29) is 24.0 Å². The number of guanidine groups is 1. The van der Waals surface area contributed by atoms with Crippen LogP contribution in [-0.2, 0) is 11.2 Å². The zero-order valence-electron chi connectivity index (χ0n) is 15.6. The van der Waals surface area contributed by atoms with Crippen LogP contribution in [0.15, 0.2) is 23.2 Å². The van der Waals surface area contributed by atoms with Crippen molar-refractivity contribution in [1.29, 1.82) is 0 Å². The Balaban J connectivity index is 0.00000312. The maximum Gasteiger partial charge on any atom is 0.191 e. The van der Waals surface area contributed by atoms with Crippen molar-refractivity contribution < 1.29 is 9.84 Å². The molecule has 1 saturated heterocycles. The van der Waals surface area contributed by atoms with Gasteiger partial charge in [0.15, 0.2) is 5.96 Å². The summed E-state index contributed by atoms with van der Waals surface area (Å²) >= 11 is 0. The molecule has 1 aromatic rings. The normalized spacial score (nSPS) is 16.9. The molecule has 1 aliphatic heterocycles. The average molecular weight is 461 g/mol. The first-order valence-electron chi connectivity index (χ1n) is 8.90. The molecule has 0 atom stereocenters. The Morgan fingerprint density at radius 1 is 1.16 bits per heavy atom. The topological polar surface area (TPSA) is 65.9 Å². The van der Waals surface area contributed by atoms with E-state index in [9.17, 15) is 5.11 Å². The van der Waals surface area contributed by atoms with Gasteiger partial charge in [-0.3, -0.25) is 4.99 Å². The standard InChI is InChI=1S/C19H31N3O2.HI/c1-4-20-18(22-14-19(23)6-9-24-10-7-19)21-8-5-17-12-15(2)11-16(3)13-17;/h11-13,23H,4-10,14H2,1-3H3,(H2,20,21,22);1H. The van der Waals surface area contributed by atoms with Gasteiger partial charge in [0.1, 0.15) is 0 Å². The summed E-state index contributed by atoms with van der Waals surface area (Å²) in [4.78, 5) is 4.56. The van der Waals surface area contributed by atoms with Gasteiger partial charge in [-0.05, 0) is 32.8 Å². The lowest BCUT2D eigenvalue weighted by atomic mass is 9.95. The van der Waals surface area contributed by atoms with Crippen molar-refractivity contribution in [3.63, 3.8) is 0 Å². The third-order valence-corrected chi connectivity index (χ3v) is 4.29. The molecule has 1 fully saturated rings. The molecule has 0 bridgehead atoms. The monoisotopic (exact) mass is 461 g/mol. The molecule has 0 unspecified atom stereocenters. The Labute approximate surface area is 168 Å². The number of aliphatic hydroxyl groups is 1. The second-order valence-electron chi connectivity index (χ2n) is 6.70. The molecule has 0 saturated carbocycles. The summed E-state index contributed by atoms with van der Waals surface area (Å²) in [6, 6.07) is 6.64. The van der Waals surface area contributed by atoms with Crippen molar-refractivity contribution in [3.8, 4) is 0 Å². The second-order valence-corrected chi connectivity index (χ2v) is 6.70. The van der Waals surface area contributed by atoms with Gasteiger partial charge in [0.05, 0.1) is 12.1 Å². The minimum absolute atomic E-state index is 0. The Kier molecular flexibility index (Phi) is 9.74. The van der Waals surface area contributed by atoms with Gasteiger partial charge in [0.2, 0.25) is 0 Å². The molecule has 3 N–H and O–H groups in total. The van der Waals surface area contributed by atoms with E-state index in [1.54, 1.807) is 0 Å². The van der Waals surface area contributed by atoms with E-state index in [0.29, 0.717) is 32.6 Å². The largest absolute Gasteiger partial charge is 0.388 e. The highest BCUT2D eigenvalue weighted by Gasteiger charge is 2.29. The lowest BCUT2D eigenvalue weighted by molar-refractivity contribution is -0.0565. The molecular weight excluding hydrogens is 429 g/mol. The van der Waals surface area contributed by atoms with Crippen LogP contribution in [0.1, 0.15) is 36.5 Å². The number of nitrogens with zero attached hydrogens (tertiary/aromatic N) is 1. The van der Waals surface area contributed by atoms with Gasteiger partial charge in [-0.25, -0.2) is 0 Å². The first-order valence-corrected chi connectivity index (χ1v) is 8.90. The van der Waals surface area contributed by atoms with Crippen molar-refractivity contribution in [2.24, 2.45) is 4.99 Å². The van der Waals surface area contributed by atoms with Crippen LogP contribution in [0.4, 0.5) is 0 Å². The number of benzene rings is 1. The molecule has 5 nitrogen and oxygen atoms in total. The highest BCUT2D eigenvalue weighted by molar-refractivity contribution is 14.0. The molecule has 0 aromatic heterocycles. The van der Waals surface area contributed by atoms with Crippen LogP contribution in [-0.4, -0.2) is 49.5 Å². The summed E-state index contributed by atoms with van der Waals surface area (Å²) in [5, 5.41) is 17.1. The molecule has 0 spiro atoms. The van der Waals surface area contributed by atoms with Gasteiger partial charge in [-0.15, -0.1) is 24.0 Å². The highest BCUT2D eigenvalue weighted by Crippen LogP contribution is 2.20. The molecule has 142 valence electrons.